The molecule has 0 N–H and O–H groups in total. The fraction of sp³-hybridized carbons (Fsp3) is 0.429. The van der Waals surface area contributed by atoms with E-state index >= 15 is 0 Å². The Hall–Kier alpha value is -1.69. The highest BCUT2D eigenvalue weighted by Crippen LogP contribution is 2.20. The molecule has 0 radical (unpaired) electrons. The maximum Gasteiger partial charge on any atom is 0.209 e. The van der Waals surface area contributed by atoms with Gasteiger partial charge in [-0.3, -0.25) is 4.79 Å². The van der Waals surface area contributed by atoms with Gasteiger partial charge < -0.3 is 0 Å². The van der Waals surface area contributed by atoms with E-state index in [2.05, 4.69) is 15.5 Å². The average molecular weight is 290 g/mol. The normalized spacial score (nSPS) is 12.3. The van der Waals surface area contributed by atoms with Crippen LogP contribution in [0.3, 0.4) is 0 Å². The SMILES string of the molecule is CC(C(=O)CCCSc1nnnn1C)c1ccccc1. The number of tetrazole rings is 1. The molecular weight excluding hydrogens is 272 g/mol. The second-order valence-corrected chi connectivity index (χ2v) is 5.70. The molecule has 0 amide bonds. The van der Waals surface area contributed by atoms with E-state index in [4.69, 9.17) is 0 Å². The zero-order valence-corrected chi connectivity index (χ0v) is 12.5. The van der Waals surface area contributed by atoms with Crippen LogP contribution in [0.5, 0.6) is 0 Å². The molecule has 0 aliphatic heterocycles. The highest BCUT2D eigenvalue weighted by Gasteiger charge is 2.14. The summed E-state index contributed by atoms with van der Waals surface area (Å²) in [4.78, 5) is 12.1. The number of nitrogens with zero attached hydrogens (tertiary/aromatic N) is 4. The van der Waals surface area contributed by atoms with Gasteiger partial charge >= 0.3 is 0 Å². The first-order valence-electron chi connectivity index (χ1n) is 6.61. The van der Waals surface area contributed by atoms with E-state index in [9.17, 15) is 4.79 Å². The first kappa shape index (κ1) is 14.7. The van der Waals surface area contributed by atoms with Crippen molar-refractivity contribution in [2.45, 2.75) is 30.8 Å². The molecule has 1 atom stereocenters. The quantitative estimate of drug-likeness (QED) is 0.579. The summed E-state index contributed by atoms with van der Waals surface area (Å²) in [6.07, 6.45) is 1.43. The summed E-state index contributed by atoms with van der Waals surface area (Å²) in [5.74, 6) is 1.10. The maximum atomic E-state index is 12.1. The molecule has 1 heterocycles. The van der Waals surface area contributed by atoms with Crippen LogP contribution in [0.25, 0.3) is 0 Å². The van der Waals surface area contributed by atoms with Gasteiger partial charge in [-0.15, -0.1) is 5.10 Å². The Balaban J connectivity index is 1.74. The van der Waals surface area contributed by atoms with E-state index in [0.29, 0.717) is 6.42 Å². The van der Waals surface area contributed by atoms with Crippen LogP contribution in [-0.4, -0.2) is 31.7 Å². The zero-order chi connectivity index (χ0) is 14.4. The van der Waals surface area contributed by atoms with Gasteiger partial charge in [0.15, 0.2) is 0 Å². The Kier molecular flexibility index (Phi) is 5.29. The Labute approximate surface area is 122 Å². The van der Waals surface area contributed by atoms with Crippen LogP contribution in [0.1, 0.15) is 31.2 Å². The van der Waals surface area contributed by atoms with Crippen LogP contribution in [-0.2, 0) is 11.8 Å². The van der Waals surface area contributed by atoms with Crippen LogP contribution in [0.2, 0.25) is 0 Å². The van der Waals surface area contributed by atoms with E-state index in [1.807, 2.05) is 44.3 Å². The molecule has 2 rings (SSSR count). The average Bonchev–Trinajstić information content (AvgIpc) is 2.89. The molecule has 0 aliphatic carbocycles. The predicted octanol–water partition coefficient (Wildman–Crippen LogP) is 2.46. The van der Waals surface area contributed by atoms with Gasteiger partial charge in [0, 0.05) is 25.1 Å². The summed E-state index contributed by atoms with van der Waals surface area (Å²) >= 11 is 1.58. The fourth-order valence-electron chi connectivity index (χ4n) is 1.90. The van der Waals surface area contributed by atoms with Crippen molar-refractivity contribution in [3.8, 4) is 0 Å². The number of aromatic nitrogens is 4. The standard InChI is InChI=1S/C14H18N4OS/c1-11(12-7-4-3-5-8-12)13(19)9-6-10-20-14-15-16-17-18(14)2/h3-5,7-8,11H,6,9-10H2,1-2H3. The Morgan fingerprint density at radius 3 is 2.75 bits per heavy atom. The highest BCUT2D eigenvalue weighted by atomic mass is 32.2. The van der Waals surface area contributed by atoms with Crippen molar-refractivity contribution in [1.82, 2.24) is 20.2 Å². The predicted molar refractivity (Wildman–Crippen MR) is 78.6 cm³/mol. The van der Waals surface area contributed by atoms with Gasteiger partial charge in [-0.2, -0.15) is 0 Å². The number of ketones is 1. The van der Waals surface area contributed by atoms with Gasteiger partial charge in [0.2, 0.25) is 5.16 Å². The first-order chi connectivity index (χ1) is 9.68. The molecule has 1 unspecified atom stereocenters. The lowest BCUT2D eigenvalue weighted by atomic mass is 9.94. The number of carbonyl (C=O) groups excluding carboxylic acids is 1. The molecule has 0 aliphatic rings. The highest BCUT2D eigenvalue weighted by molar-refractivity contribution is 7.99. The van der Waals surface area contributed by atoms with Crippen molar-refractivity contribution < 1.29 is 4.79 Å². The molecule has 1 aromatic heterocycles. The van der Waals surface area contributed by atoms with Crippen molar-refractivity contribution in [3.63, 3.8) is 0 Å². The van der Waals surface area contributed by atoms with Gasteiger partial charge in [0.05, 0.1) is 0 Å². The lowest BCUT2D eigenvalue weighted by molar-refractivity contribution is -0.120. The molecule has 0 bridgehead atoms. The molecular formula is C14H18N4OS. The van der Waals surface area contributed by atoms with Crippen molar-refractivity contribution in [1.29, 1.82) is 0 Å². The number of aryl methyl sites for hydroxylation is 1. The second-order valence-electron chi connectivity index (χ2n) is 4.64. The van der Waals surface area contributed by atoms with Crippen LogP contribution >= 0.6 is 11.8 Å². The van der Waals surface area contributed by atoms with Gasteiger partial charge in [0.25, 0.3) is 0 Å². The Morgan fingerprint density at radius 1 is 1.35 bits per heavy atom. The van der Waals surface area contributed by atoms with E-state index in [1.54, 1.807) is 16.4 Å². The number of Topliss-reactive ketones (excluding diaryl/α,β-unsaturated/α-hetero) is 1. The van der Waals surface area contributed by atoms with Crippen LogP contribution in [0.4, 0.5) is 0 Å². The maximum absolute atomic E-state index is 12.1. The molecule has 1 aromatic carbocycles. The largest absolute Gasteiger partial charge is 0.299 e. The molecule has 20 heavy (non-hydrogen) atoms. The number of rotatable bonds is 7. The van der Waals surface area contributed by atoms with Crippen LogP contribution in [0.15, 0.2) is 35.5 Å². The van der Waals surface area contributed by atoms with E-state index in [0.717, 1.165) is 22.9 Å². The molecule has 106 valence electrons. The summed E-state index contributed by atoms with van der Waals surface area (Å²) in [5.41, 5.74) is 1.09. The van der Waals surface area contributed by atoms with Gasteiger partial charge in [0.1, 0.15) is 5.78 Å². The number of hydrogen-bond donors (Lipinski definition) is 0. The third-order valence-electron chi connectivity index (χ3n) is 3.16. The van der Waals surface area contributed by atoms with E-state index in [1.165, 1.54) is 0 Å². The summed E-state index contributed by atoms with van der Waals surface area (Å²) in [6.45, 7) is 1.97. The van der Waals surface area contributed by atoms with Crippen molar-refractivity contribution >= 4 is 17.5 Å². The summed E-state index contributed by atoms with van der Waals surface area (Å²) in [5, 5.41) is 12.0. The minimum atomic E-state index is -0.0299. The van der Waals surface area contributed by atoms with Crippen molar-refractivity contribution in [2.75, 3.05) is 5.75 Å². The Morgan fingerprint density at radius 2 is 2.10 bits per heavy atom. The van der Waals surface area contributed by atoms with Gasteiger partial charge in [-0.25, -0.2) is 4.68 Å². The van der Waals surface area contributed by atoms with E-state index < -0.39 is 0 Å². The molecule has 0 saturated heterocycles. The minimum absolute atomic E-state index is 0.0299. The molecule has 0 spiro atoms. The van der Waals surface area contributed by atoms with Gasteiger partial charge in [-0.05, 0) is 22.4 Å². The monoisotopic (exact) mass is 290 g/mol. The number of benzene rings is 1. The summed E-state index contributed by atoms with van der Waals surface area (Å²) in [7, 11) is 1.81. The lowest BCUT2D eigenvalue weighted by Gasteiger charge is -2.10. The van der Waals surface area contributed by atoms with Crippen LogP contribution < -0.4 is 0 Å². The Bertz CT molecular complexity index is 555. The van der Waals surface area contributed by atoms with Crippen molar-refractivity contribution in [3.05, 3.63) is 35.9 Å². The second kappa shape index (κ2) is 7.19. The minimum Gasteiger partial charge on any atom is -0.299 e. The van der Waals surface area contributed by atoms with Crippen LogP contribution in [0, 0.1) is 0 Å². The molecule has 0 fully saturated rings. The molecule has 5 nitrogen and oxygen atoms in total. The summed E-state index contributed by atoms with van der Waals surface area (Å²) < 4.78 is 1.64. The summed E-state index contributed by atoms with van der Waals surface area (Å²) in [6, 6.07) is 9.91. The zero-order valence-electron chi connectivity index (χ0n) is 11.7. The topological polar surface area (TPSA) is 60.7 Å². The first-order valence-corrected chi connectivity index (χ1v) is 7.60. The third kappa shape index (κ3) is 3.90. The van der Waals surface area contributed by atoms with Gasteiger partial charge in [-0.1, -0.05) is 49.0 Å². The smallest absolute Gasteiger partial charge is 0.209 e. The number of carbonyl (C=O) groups is 1. The fourth-order valence-corrected chi connectivity index (χ4v) is 2.69. The molecule has 0 saturated carbocycles. The van der Waals surface area contributed by atoms with E-state index in [-0.39, 0.29) is 11.7 Å². The number of thioether (sulfide) groups is 1. The third-order valence-corrected chi connectivity index (χ3v) is 4.26. The lowest BCUT2D eigenvalue weighted by Crippen LogP contribution is -2.09. The molecule has 2 aromatic rings. The van der Waals surface area contributed by atoms with Crippen molar-refractivity contribution in [2.24, 2.45) is 7.05 Å². The molecule has 6 heteroatoms. The number of hydrogen-bond acceptors (Lipinski definition) is 5.